The van der Waals surface area contributed by atoms with E-state index in [2.05, 4.69) is 0 Å². The number of rotatable bonds is 5. The van der Waals surface area contributed by atoms with Crippen LogP contribution in [0.3, 0.4) is 0 Å². The molecule has 3 nitrogen and oxygen atoms in total. The van der Waals surface area contributed by atoms with Gasteiger partial charge in [-0.15, -0.1) is 0 Å². The maximum Gasteiger partial charge on any atom is 0.417 e. The zero-order chi connectivity index (χ0) is 22.9. The SMILES string of the molecule is O=C(O)C1CCCN1C(c1ccc(-c2ccccc2)cc1)c1ccc(Cl)c(C(F)(F)F)c1. The van der Waals surface area contributed by atoms with Crippen LogP contribution in [0.5, 0.6) is 0 Å². The van der Waals surface area contributed by atoms with Crippen molar-refractivity contribution >= 4 is 17.6 Å². The molecule has 0 aromatic heterocycles. The van der Waals surface area contributed by atoms with E-state index in [1.807, 2.05) is 54.6 Å². The molecule has 2 unspecified atom stereocenters. The van der Waals surface area contributed by atoms with E-state index in [9.17, 15) is 23.1 Å². The minimum atomic E-state index is -4.61. The molecule has 1 aliphatic rings. The molecule has 7 heteroatoms. The highest BCUT2D eigenvalue weighted by atomic mass is 35.5. The van der Waals surface area contributed by atoms with E-state index >= 15 is 0 Å². The van der Waals surface area contributed by atoms with E-state index in [1.54, 1.807) is 11.0 Å². The Morgan fingerprint density at radius 2 is 1.59 bits per heavy atom. The summed E-state index contributed by atoms with van der Waals surface area (Å²) < 4.78 is 40.6. The van der Waals surface area contributed by atoms with Crippen LogP contribution < -0.4 is 0 Å². The van der Waals surface area contributed by atoms with Gasteiger partial charge in [-0.1, -0.05) is 72.3 Å². The van der Waals surface area contributed by atoms with Crippen molar-refractivity contribution in [3.8, 4) is 11.1 Å². The fourth-order valence-corrected chi connectivity index (χ4v) is 4.58. The number of hydrogen-bond donors (Lipinski definition) is 1. The fraction of sp³-hybridized carbons (Fsp3) is 0.240. The number of carboxylic acids is 1. The van der Waals surface area contributed by atoms with E-state index in [-0.39, 0.29) is 5.02 Å². The molecule has 3 aromatic carbocycles. The molecule has 1 aliphatic heterocycles. The van der Waals surface area contributed by atoms with Crippen molar-refractivity contribution in [3.63, 3.8) is 0 Å². The molecule has 4 rings (SSSR count). The molecule has 0 saturated carbocycles. The van der Waals surface area contributed by atoms with Gasteiger partial charge in [0, 0.05) is 6.54 Å². The number of alkyl halides is 3. The number of likely N-dealkylation sites (tertiary alicyclic amines) is 1. The van der Waals surface area contributed by atoms with Crippen molar-refractivity contribution < 1.29 is 23.1 Å². The van der Waals surface area contributed by atoms with Crippen molar-refractivity contribution in [2.45, 2.75) is 31.1 Å². The number of aliphatic carboxylic acids is 1. The first kappa shape index (κ1) is 22.4. The van der Waals surface area contributed by atoms with Crippen LogP contribution in [0.1, 0.15) is 35.6 Å². The Kier molecular flexibility index (Phi) is 6.26. The number of hydrogen-bond acceptors (Lipinski definition) is 2. The fourth-order valence-electron chi connectivity index (χ4n) is 4.36. The average molecular weight is 460 g/mol. The highest BCUT2D eigenvalue weighted by molar-refractivity contribution is 6.31. The lowest BCUT2D eigenvalue weighted by Crippen LogP contribution is -2.39. The van der Waals surface area contributed by atoms with Gasteiger partial charge in [-0.2, -0.15) is 13.2 Å². The van der Waals surface area contributed by atoms with Crippen LogP contribution in [-0.4, -0.2) is 28.6 Å². The van der Waals surface area contributed by atoms with E-state index in [4.69, 9.17) is 11.6 Å². The first-order valence-electron chi connectivity index (χ1n) is 10.3. The molecule has 0 spiro atoms. The van der Waals surface area contributed by atoms with Crippen molar-refractivity contribution in [1.82, 2.24) is 4.90 Å². The van der Waals surface area contributed by atoms with Crippen LogP contribution in [0.25, 0.3) is 11.1 Å². The topological polar surface area (TPSA) is 40.5 Å². The lowest BCUT2D eigenvalue weighted by molar-refractivity contribution is -0.143. The summed E-state index contributed by atoms with van der Waals surface area (Å²) >= 11 is 5.83. The summed E-state index contributed by atoms with van der Waals surface area (Å²) in [6.45, 7) is 0.478. The van der Waals surface area contributed by atoms with Crippen LogP contribution >= 0.6 is 11.6 Å². The zero-order valence-corrected chi connectivity index (χ0v) is 17.8. The smallest absolute Gasteiger partial charge is 0.417 e. The second-order valence-electron chi connectivity index (χ2n) is 7.86. The van der Waals surface area contributed by atoms with Crippen LogP contribution in [0, 0.1) is 0 Å². The minimum absolute atomic E-state index is 0.363. The molecule has 1 heterocycles. The van der Waals surface area contributed by atoms with Crippen molar-refractivity contribution in [2.75, 3.05) is 6.54 Å². The number of carboxylic acid groups (broad SMARTS) is 1. The lowest BCUT2D eigenvalue weighted by Gasteiger charge is -2.32. The molecule has 0 radical (unpaired) electrons. The first-order valence-corrected chi connectivity index (χ1v) is 10.6. The highest BCUT2D eigenvalue weighted by Gasteiger charge is 2.39. The van der Waals surface area contributed by atoms with Gasteiger partial charge in [-0.3, -0.25) is 9.69 Å². The predicted molar refractivity (Wildman–Crippen MR) is 118 cm³/mol. The van der Waals surface area contributed by atoms with Crippen molar-refractivity contribution in [3.05, 3.63) is 94.5 Å². The normalized spacial score (nSPS) is 17.9. The largest absolute Gasteiger partial charge is 0.480 e. The number of benzene rings is 3. The van der Waals surface area contributed by atoms with Crippen molar-refractivity contribution in [2.24, 2.45) is 0 Å². The third-order valence-electron chi connectivity index (χ3n) is 5.86. The summed E-state index contributed by atoms with van der Waals surface area (Å²) in [6, 6.07) is 19.7. The Labute approximate surface area is 189 Å². The molecule has 1 fully saturated rings. The van der Waals surface area contributed by atoms with Gasteiger partial charge in [0.25, 0.3) is 0 Å². The molecule has 2 atom stereocenters. The van der Waals surface area contributed by atoms with Gasteiger partial charge in [0.05, 0.1) is 16.6 Å². The Hall–Kier alpha value is -2.83. The summed E-state index contributed by atoms with van der Waals surface area (Å²) in [7, 11) is 0. The molecule has 0 bridgehead atoms. The van der Waals surface area contributed by atoms with E-state index in [0.29, 0.717) is 24.9 Å². The Bertz CT molecular complexity index is 1100. The Morgan fingerprint density at radius 1 is 0.969 bits per heavy atom. The second kappa shape index (κ2) is 8.96. The van der Waals surface area contributed by atoms with Crippen LogP contribution in [-0.2, 0) is 11.0 Å². The molecule has 0 amide bonds. The predicted octanol–water partition coefficient (Wildman–Crippen LogP) is 6.66. The molecule has 166 valence electrons. The standard InChI is InChI=1S/C25H21ClF3NO2/c26-21-13-12-19(15-20(21)25(27,28)29)23(30-14-4-7-22(30)24(31)32)18-10-8-17(9-11-18)16-5-2-1-3-6-16/h1-3,5-6,8-13,15,22-23H,4,7,14H2,(H,31,32). The lowest BCUT2D eigenvalue weighted by atomic mass is 9.93. The van der Waals surface area contributed by atoms with Gasteiger partial charge in [0.15, 0.2) is 0 Å². The summed E-state index contributed by atoms with van der Waals surface area (Å²) in [4.78, 5) is 13.6. The molecule has 1 N–H and O–H groups in total. The van der Waals surface area contributed by atoms with E-state index in [1.165, 1.54) is 6.07 Å². The molecule has 1 saturated heterocycles. The molecule has 32 heavy (non-hydrogen) atoms. The first-order chi connectivity index (χ1) is 15.3. The number of halogens is 4. The summed E-state index contributed by atoms with van der Waals surface area (Å²) in [5.41, 5.74) is 2.16. The summed E-state index contributed by atoms with van der Waals surface area (Å²) in [5, 5.41) is 9.33. The maximum absolute atomic E-state index is 13.5. The molecule has 3 aromatic rings. The third-order valence-corrected chi connectivity index (χ3v) is 6.19. The van der Waals surface area contributed by atoms with E-state index in [0.717, 1.165) is 22.8 Å². The van der Waals surface area contributed by atoms with Crippen LogP contribution in [0.4, 0.5) is 13.2 Å². The van der Waals surface area contributed by atoms with Crippen molar-refractivity contribution in [1.29, 1.82) is 0 Å². The number of nitrogens with zero attached hydrogens (tertiary/aromatic N) is 1. The van der Waals surface area contributed by atoms with Gasteiger partial charge >= 0.3 is 12.1 Å². The third kappa shape index (κ3) is 4.52. The van der Waals surface area contributed by atoms with Gasteiger partial charge in [0.1, 0.15) is 6.04 Å². The molecular formula is C25H21ClF3NO2. The quantitative estimate of drug-likeness (QED) is 0.463. The van der Waals surface area contributed by atoms with Gasteiger partial charge in [-0.05, 0) is 47.2 Å². The van der Waals surface area contributed by atoms with Gasteiger partial charge < -0.3 is 5.11 Å². The zero-order valence-electron chi connectivity index (χ0n) is 17.0. The van der Waals surface area contributed by atoms with Gasteiger partial charge in [0.2, 0.25) is 0 Å². The van der Waals surface area contributed by atoms with Crippen LogP contribution in [0.15, 0.2) is 72.8 Å². The van der Waals surface area contributed by atoms with E-state index < -0.39 is 29.8 Å². The molecular weight excluding hydrogens is 439 g/mol. The summed E-state index contributed by atoms with van der Waals surface area (Å²) in [6.07, 6.45) is -3.49. The Morgan fingerprint density at radius 3 is 2.22 bits per heavy atom. The average Bonchev–Trinajstić information content (AvgIpc) is 3.25. The van der Waals surface area contributed by atoms with Gasteiger partial charge in [-0.25, -0.2) is 0 Å². The summed E-state index contributed by atoms with van der Waals surface area (Å²) in [5.74, 6) is -0.974. The highest BCUT2D eigenvalue weighted by Crippen LogP contribution is 2.40. The van der Waals surface area contributed by atoms with Crippen LogP contribution in [0.2, 0.25) is 5.02 Å². The minimum Gasteiger partial charge on any atom is -0.480 e. The Balaban J connectivity index is 1.80. The molecule has 0 aliphatic carbocycles. The maximum atomic E-state index is 13.5. The number of carbonyl (C=O) groups is 1. The second-order valence-corrected chi connectivity index (χ2v) is 8.27. The monoisotopic (exact) mass is 459 g/mol.